The SMILES string of the molecule is CSC[C@H](N)[C@](O)(Cc1nccc2c1CC(CCC1CC1)O2)C(=O)O. The highest BCUT2D eigenvalue weighted by Gasteiger charge is 2.44. The topological polar surface area (TPSA) is 106 Å². The Morgan fingerprint density at radius 3 is 2.92 bits per heavy atom. The van der Waals surface area contributed by atoms with Crippen LogP contribution >= 0.6 is 11.8 Å². The number of rotatable bonds is 9. The number of nitrogens with two attached hydrogens (primary N) is 1. The lowest BCUT2D eigenvalue weighted by Crippen LogP contribution is -2.57. The van der Waals surface area contributed by atoms with Crippen LogP contribution in [-0.2, 0) is 17.6 Å². The molecule has 6 nitrogen and oxygen atoms in total. The van der Waals surface area contributed by atoms with E-state index in [0.717, 1.165) is 30.1 Å². The summed E-state index contributed by atoms with van der Waals surface area (Å²) in [6, 6.07) is 0.947. The number of aliphatic hydroxyl groups is 1. The van der Waals surface area contributed by atoms with Gasteiger partial charge in [-0.05, 0) is 31.1 Å². The van der Waals surface area contributed by atoms with Crippen LogP contribution in [0.25, 0.3) is 0 Å². The maximum Gasteiger partial charge on any atom is 0.337 e. The molecule has 0 saturated heterocycles. The molecule has 2 heterocycles. The smallest absolute Gasteiger partial charge is 0.337 e. The Balaban J connectivity index is 1.75. The Hall–Kier alpha value is -1.31. The first kappa shape index (κ1) is 18.5. The molecule has 0 aromatic carbocycles. The number of aromatic nitrogens is 1. The molecule has 1 fully saturated rings. The number of carboxylic acid groups (broad SMARTS) is 1. The Bertz CT molecular complexity index is 638. The second kappa shape index (κ2) is 7.51. The Morgan fingerprint density at radius 1 is 1.52 bits per heavy atom. The fraction of sp³-hybridized carbons (Fsp3) is 0.667. The zero-order valence-corrected chi connectivity index (χ0v) is 15.3. The number of aliphatic carboxylic acids is 1. The molecule has 1 saturated carbocycles. The van der Waals surface area contributed by atoms with Gasteiger partial charge in [0.2, 0.25) is 0 Å². The van der Waals surface area contributed by atoms with Crippen molar-refractivity contribution in [2.45, 2.75) is 56.3 Å². The van der Waals surface area contributed by atoms with Crippen molar-refractivity contribution in [3.8, 4) is 5.75 Å². The van der Waals surface area contributed by atoms with Crippen LogP contribution in [0.2, 0.25) is 0 Å². The third-order valence-corrected chi connectivity index (χ3v) is 5.88. The molecule has 1 unspecified atom stereocenters. The highest BCUT2D eigenvalue weighted by molar-refractivity contribution is 7.98. The minimum atomic E-state index is -2.03. The van der Waals surface area contributed by atoms with E-state index in [9.17, 15) is 15.0 Å². The first-order valence-electron chi connectivity index (χ1n) is 8.77. The molecule has 1 aliphatic carbocycles. The summed E-state index contributed by atoms with van der Waals surface area (Å²) in [5.74, 6) is 0.666. The van der Waals surface area contributed by atoms with E-state index in [1.54, 1.807) is 6.20 Å². The van der Waals surface area contributed by atoms with Crippen molar-refractivity contribution >= 4 is 17.7 Å². The third-order valence-electron chi connectivity index (χ3n) is 5.19. The lowest BCUT2D eigenvalue weighted by Gasteiger charge is -2.29. The van der Waals surface area contributed by atoms with Crippen LogP contribution in [0.15, 0.2) is 12.3 Å². The monoisotopic (exact) mass is 366 g/mol. The Kier molecular flexibility index (Phi) is 5.55. The number of thioether (sulfide) groups is 1. The molecule has 1 aromatic heterocycles. The minimum Gasteiger partial charge on any atom is -0.490 e. The quantitative estimate of drug-likeness (QED) is 0.610. The number of ether oxygens (including phenoxy) is 1. The van der Waals surface area contributed by atoms with Crippen molar-refractivity contribution in [2.24, 2.45) is 11.7 Å². The highest BCUT2D eigenvalue weighted by atomic mass is 32.2. The summed E-state index contributed by atoms with van der Waals surface area (Å²) in [5, 5.41) is 20.2. The van der Waals surface area contributed by atoms with Gasteiger partial charge in [-0.2, -0.15) is 11.8 Å². The van der Waals surface area contributed by atoms with Gasteiger partial charge in [0, 0.05) is 30.4 Å². The molecular weight excluding hydrogens is 340 g/mol. The van der Waals surface area contributed by atoms with Gasteiger partial charge in [0.15, 0.2) is 5.60 Å². The molecule has 1 aromatic rings. The van der Waals surface area contributed by atoms with E-state index in [-0.39, 0.29) is 12.5 Å². The van der Waals surface area contributed by atoms with Crippen LogP contribution < -0.4 is 10.5 Å². The summed E-state index contributed by atoms with van der Waals surface area (Å²) in [6.45, 7) is 0. The molecule has 25 heavy (non-hydrogen) atoms. The molecule has 138 valence electrons. The van der Waals surface area contributed by atoms with Crippen LogP contribution in [0.1, 0.15) is 36.9 Å². The lowest BCUT2D eigenvalue weighted by atomic mass is 9.88. The number of hydrogen-bond acceptors (Lipinski definition) is 6. The van der Waals surface area contributed by atoms with E-state index in [4.69, 9.17) is 10.5 Å². The fourth-order valence-corrected chi connectivity index (χ4v) is 4.01. The van der Waals surface area contributed by atoms with Crippen LogP contribution in [0.3, 0.4) is 0 Å². The predicted molar refractivity (Wildman–Crippen MR) is 97.0 cm³/mol. The van der Waals surface area contributed by atoms with E-state index < -0.39 is 17.6 Å². The summed E-state index contributed by atoms with van der Waals surface area (Å²) in [4.78, 5) is 16.0. The van der Waals surface area contributed by atoms with Crippen molar-refractivity contribution in [3.63, 3.8) is 0 Å². The van der Waals surface area contributed by atoms with E-state index in [1.165, 1.54) is 31.0 Å². The highest BCUT2D eigenvalue weighted by Crippen LogP contribution is 2.38. The van der Waals surface area contributed by atoms with Gasteiger partial charge < -0.3 is 20.7 Å². The number of carbonyl (C=O) groups is 1. The molecule has 7 heteroatoms. The third kappa shape index (κ3) is 4.10. The normalized spacial score (nSPS) is 22.8. The molecule has 4 N–H and O–H groups in total. The van der Waals surface area contributed by atoms with E-state index in [1.807, 2.05) is 12.3 Å². The first-order chi connectivity index (χ1) is 11.9. The number of nitrogens with zero attached hydrogens (tertiary/aromatic N) is 1. The second-order valence-corrected chi connectivity index (χ2v) is 8.08. The first-order valence-corrected chi connectivity index (χ1v) is 10.2. The molecule has 1 aliphatic heterocycles. The maximum atomic E-state index is 11.7. The molecular formula is C18H26N2O4S. The Morgan fingerprint density at radius 2 is 2.28 bits per heavy atom. The van der Waals surface area contributed by atoms with Crippen LogP contribution in [0.4, 0.5) is 0 Å². The van der Waals surface area contributed by atoms with Gasteiger partial charge in [-0.25, -0.2) is 4.79 Å². The van der Waals surface area contributed by atoms with Crippen molar-refractivity contribution < 1.29 is 19.7 Å². The second-order valence-electron chi connectivity index (χ2n) is 7.17. The van der Waals surface area contributed by atoms with Crippen molar-refractivity contribution in [2.75, 3.05) is 12.0 Å². The largest absolute Gasteiger partial charge is 0.490 e. The average molecular weight is 366 g/mol. The van der Waals surface area contributed by atoms with Gasteiger partial charge in [0.05, 0.1) is 11.7 Å². The van der Waals surface area contributed by atoms with Gasteiger partial charge in [0.1, 0.15) is 11.9 Å². The van der Waals surface area contributed by atoms with E-state index in [2.05, 4.69) is 4.98 Å². The van der Waals surface area contributed by atoms with Crippen molar-refractivity contribution in [1.29, 1.82) is 0 Å². The van der Waals surface area contributed by atoms with Crippen molar-refractivity contribution in [1.82, 2.24) is 4.98 Å². The minimum absolute atomic E-state index is 0.105. The van der Waals surface area contributed by atoms with Crippen LogP contribution in [0.5, 0.6) is 5.75 Å². The van der Waals surface area contributed by atoms with Gasteiger partial charge >= 0.3 is 5.97 Å². The molecule has 3 rings (SSSR count). The zero-order valence-electron chi connectivity index (χ0n) is 14.5. The van der Waals surface area contributed by atoms with Crippen LogP contribution in [-0.4, -0.2) is 50.9 Å². The number of pyridine rings is 1. The Labute approximate surface area is 152 Å². The summed E-state index contributed by atoms with van der Waals surface area (Å²) < 4.78 is 6.00. The summed E-state index contributed by atoms with van der Waals surface area (Å²) >= 11 is 1.41. The number of carboxylic acids is 1. The fourth-order valence-electron chi connectivity index (χ4n) is 3.37. The van der Waals surface area contributed by atoms with Gasteiger partial charge in [0.25, 0.3) is 0 Å². The number of hydrogen-bond donors (Lipinski definition) is 3. The molecule has 2 aliphatic rings. The summed E-state index contributed by atoms with van der Waals surface area (Å²) in [7, 11) is 0. The molecule has 0 amide bonds. The molecule has 0 spiro atoms. The molecule has 3 atom stereocenters. The molecule has 0 radical (unpaired) electrons. The predicted octanol–water partition coefficient (Wildman–Crippen LogP) is 1.62. The molecule has 0 bridgehead atoms. The average Bonchev–Trinajstić information content (AvgIpc) is 3.31. The standard InChI is InChI=1S/C18H26N2O4S/c1-25-10-16(19)18(23,17(21)22)9-14-13-8-12(5-4-11-2-3-11)24-15(13)6-7-20-14/h6-7,11-12,16,23H,2-5,8-10,19H2,1H3,(H,21,22)/t12?,16-,18+/m0/s1. The number of fused-ring (bicyclic) bond motifs is 1. The summed E-state index contributed by atoms with van der Waals surface area (Å²) in [6.07, 6.45) is 9.02. The van der Waals surface area contributed by atoms with E-state index in [0.29, 0.717) is 11.4 Å². The van der Waals surface area contributed by atoms with Crippen LogP contribution in [0, 0.1) is 5.92 Å². The maximum absolute atomic E-state index is 11.7. The summed E-state index contributed by atoms with van der Waals surface area (Å²) in [5.41, 5.74) is 5.42. The zero-order chi connectivity index (χ0) is 18.0. The van der Waals surface area contributed by atoms with Gasteiger partial charge in [-0.1, -0.05) is 12.8 Å². The lowest BCUT2D eigenvalue weighted by molar-refractivity contribution is -0.160. The van der Waals surface area contributed by atoms with Gasteiger partial charge in [-0.15, -0.1) is 0 Å². The van der Waals surface area contributed by atoms with Gasteiger partial charge in [-0.3, -0.25) is 4.98 Å². The van der Waals surface area contributed by atoms with Crippen molar-refractivity contribution in [3.05, 3.63) is 23.5 Å². The van der Waals surface area contributed by atoms with E-state index >= 15 is 0 Å².